The third-order valence-corrected chi connectivity index (χ3v) is 3.14. The number of halogens is 1. The number of thioether (sulfide) groups is 1. The van der Waals surface area contributed by atoms with Crippen molar-refractivity contribution in [1.29, 1.82) is 0 Å². The summed E-state index contributed by atoms with van der Waals surface area (Å²) in [4.78, 5) is 9.37. The Morgan fingerprint density at radius 2 is 2.36 bits per heavy atom. The van der Waals surface area contributed by atoms with Gasteiger partial charge in [-0.25, -0.2) is 4.39 Å². The molecule has 14 heavy (non-hydrogen) atoms. The van der Waals surface area contributed by atoms with Crippen LogP contribution in [0.3, 0.4) is 0 Å². The lowest BCUT2D eigenvalue weighted by molar-refractivity contribution is -0.142. The Bertz CT molecular complexity index is 187. The monoisotopic (exact) mass is 225 g/mol. The normalized spacial score (nSPS) is 17.2. The van der Waals surface area contributed by atoms with Crippen molar-refractivity contribution in [3.05, 3.63) is 0 Å². The predicted molar refractivity (Wildman–Crippen MR) is 53.9 cm³/mol. The van der Waals surface area contributed by atoms with E-state index in [1.807, 2.05) is 0 Å². The van der Waals surface area contributed by atoms with Gasteiger partial charge in [0.15, 0.2) is 4.93 Å². The molecule has 0 aromatic heterocycles. The van der Waals surface area contributed by atoms with Gasteiger partial charge in [-0.1, -0.05) is 0 Å². The van der Waals surface area contributed by atoms with E-state index < -0.39 is 23.6 Å². The van der Waals surface area contributed by atoms with Gasteiger partial charge in [-0.15, -0.1) is 11.8 Å². The molecule has 0 rings (SSSR count). The average Bonchev–Trinajstić information content (AvgIpc) is 2.24. The minimum absolute atomic E-state index is 0.0613. The van der Waals surface area contributed by atoms with Crippen molar-refractivity contribution in [2.45, 2.75) is 17.4 Å². The molecule has 0 aromatic rings. The zero-order valence-electron chi connectivity index (χ0n) is 8.54. The van der Waals surface area contributed by atoms with Crippen LogP contribution in [0.4, 0.5) is 4.39 Å². The number of hydrogen-bond donors (Lipinski definition) is 2. The molecule has 0 aliphatic heterocycles. The third kappa shape index (κ3) is 3.43. The number of hydrogen-bond acceptors (Lipinski definition) is 5. The van der Waals surface area contributed by atoms with E-state index in [1.165, 1.54) is 7.11 Å². The number of carbonyl (C=O) groups excluding carboxylic acids is 1. The summed E-state index contributed by atoms with van der Waals surface area (Å²) < 4.78 is 17.0. The Kier molecular flexibility index (Phi) is 6.06. The predicted octanol–water partition coefficient (Wildman–Crippen LogP) is 0.159. The lowest BCUT2D eigenvalue weighted by Gasteiger charge is -2.31. The number of aliphatic hydroxyl groups is 1. The topological polar surface area (TPSA) is 58.6 Å². The number of likely N-dealkylation sites (N-methyl/N-ethyl adjacent to an activating group) is 1. The first-order chi connectivity index (χ1) is 6.53. The van der Waals surface area contributed by atoms with Gasteiger partial charge >= 0.3 is 5.97 Å². The SMILES string of the molecule is CNC(CC(=O)OC)C(O)(CF)SC. The third-order valence-electron chi connectivity index (χ3n) is 2.04. The number of carbonyl (C=O) groups is 1. The quantitative estimate of drug-likeness (QED) is 0.498. The zero-order valence-corrected chi connectivity index (χ0v) is 9.36. The molecular weight excluding hydrogens is 209 g/mol. The fraction of sp³-hybridized carbons (Fsp3) is 0.875. The number of rotatable bonds is 6. The molecule has 0 amide bonds. The van der Waals surface area contributed by atoms with Crippen molar-refractivity contribution >= 4 is 17.7 Å². The smallest absolute Gasteiger partial charge is 0.307 e. The molecule has 2 N–H and O–H groups in total. The summed E-state index contributed by atoms with van der Waals surface area (Å²) in [6.45, 7) is -0.920. The Hall–Kier alpha value is -0.330. The van der Waals surface area contributed by atoms with E-state index in [9.17, 15) is 14.3 Å². The molecule has 0 aliphatic rings. The van der Waals surface area contributed by atoms with Crippen molar-refractivity contribution in [3.8, 4) is 0 Å². The van der Waals surface area contributed by atoms with Gasteiger partial charge in [0, 0.05) is 0 Å². The highest BCUT2D eigenvalue weighted by Gasteiger charge is 2.36. The second kappa shape index (κ2) is 6.21. The van der Waals surface area contributed by atoms with E-state index in [-0.39, 0.29) is 6.42 Å². The fourth-order valence-corrected chi connectivity index (χ4v) is 1.62. The lowest BCUT2D eigenvalue weighted by atomic mass is 10.1. The van der Waals surface area contributed by atoms with E-state index in [1.54, 1.807) is 13.3 Å². The average molecular weight is 225 g/mol. The Morgan fingerprint density at radius 3 is 2.64 bits per heavy atom. The molecule has 0 aliphatic carbocycles. The van der Waals surface area contributed by atoms with Crippen LogP contribution in [0.5, 0.6) is 0 Å². The van der Waals surface area contributed by atoms with Gasteiger partial charge in [0.25, 0.3) is 0 Å². The second-order valence-corrected chi connectivity index (χ2v) is 3.92. The number of esters is 1. The molecule has 84 valence electrons. The number of alkyl halides is 1. The van der Waals surface area contributed by atoms with E-state index in [2.05, 4.69) is 10.1 Å². The van der Waals surface area contributed by atoms with Crippen LogP contribution >= 0.6 is 11.8 Å². The summed E-state index contributed by atoms with van der Waals surface area (Å²) in [5, 5.41) is 12.4. The first kappa shape index (κ1) is 13.7. The Morgan fingerprint density at radius 1 is 1.79 bits per heavy atom. The van der Waals surface area contributed by atoms with E-state index in [4.69, 9.17) is 0 Å². The minimum Gasteiger partial charge on any atom is -0.469 e. The highest BCUT2D eigenvalue weighted by molar-refractivity contribution is 7.99. The molecular formula is C8H16FNO3S. The van der Waals surface area contributed by atoms with Gasteiger partial charge in [0.1, 0.15) is 6.67 Å². The number of nitrogens with one attached hydrogen (secondary N) is 1. The summed E-state index contributed by atoms with van der Waals surface area (Å²) >= 11 is 0.968. The summed E-state index contributed by atoms with van der Waals surface area (Å²) in [5.41, 5.74) is 0. The van der Waals surface area contributed by atoms with E-state index in [0.717, 1.165) is 11.8 Å². The zero-order chi connectivity index (χ0) is 11.2. The van der Waals surface area contributed by atoms with Crippen LogP contribution in [0.25, 0.3) is 0 Å². The summed E-state index contributed by atoms with van der Waals surface area (Å²) in [6.07, 6.45) is 1.52. The maximum Gasteiger partial charge on any atom is 0.307 e. The Labute approximate surface area is 87.2 Å². The van der Waals surface area contributed by atoms with Crippen LogP contribution < -0.4 is 5.32 Å². The molecule has 2 unspecified atom stereocenters. The molecule has 0 saturated heterocycles. The van der Waals surface area contributed by atoms with Crippen molar-refractivity contribution in [1.82, 2.24) is 5.32 Å². The summed E-state index contributed by atoms with van der Waals surface area (Å²) in [7, 11) is 2.81. The van der Waals surface area contributed by atoms with Crippen LogP contribution in [0.1, 0.15) is 6.42 Å². The number of ether oxygens (including phenoxy) is 1. The van der Waals surface area contributed by atoms with E-state index >= 15 is 0 Å². The van der Waals surface area contributed by atoms with Gasteiger partial charge in [-0.05, 0) is 13.3 Å². The van der Waals surface area contributed by atoms with Crippen molar-refractivity contribution in [2.24, 2.45) is 0 Å². The molecule has 0 heterocycles. The molecule has 0 fully saturated rings. The van der Waals surface area contributed by atoms with Crippen molar-refractivity contribution in [3.63, 3.8) is 0 Å². The highest BCUT2D eigenvalue weighted by Crippen LogP contribution is 2.26. The van der Waals surface area contributed by atoms with Crippen LogP contribution in [0, 0.1) is 0 Å². The molecule has 2 atom stereocenters. The maximum atomic E-state index is 12.6. The van der Waals surface area contributed by atoms with Crippen LogP contribution in [-0.2, 0) is 9.53 Å². The first-order valence-electron chi connectivity index (χ1n) is 4.11. The molecule has 4 nitrogen and oxygen atoms in total. The van der Waals surface area contributed by atoms with Gasteiger partial charge in [-0.3, -0.25) is 4.79 Å². The molecule has 6 heteroatoms. The van der Waals surface area contributed by atoms with Crippen molar-refractivity contribution in [2.75, 3.05) is 27.1 Å². The van der Waals surface area contributed by atoms with Gasteiger partial charge in [0.05, 0.1) is 19.6 Å². The first-order valence-corrected chi connectivity index (χ1v) is 5.34. The Balaban J connectivity index is 4.44. The summed E-state index contributed by atoms with van der Waals surface area (Å²) in [6, 6.07) is -0.657. The fourth-order valence-electron chi connectivity index (χ4n) is 1.03. The standard InChI is InChI=1S/C8H16FNO3S/c1-10-6(4-7(11)13-2)8(12,5-9)14-3/h6,10,12H,4-5H2,1-3H3. The molecule has 0 saturated carbocycles. The second-order valence-electron chi connectivity index (χ2n) is 2.80. The lowest BCUT2D eigenvalue weighted by Crippen LogP contribution is -2.50. The van der Waals surface area contributed by atoms with Crippen LogP contribution in [0.2, 0.25) is 0 Å². The minimum atomic E-state index is -1.58. The van der Waals surface area contributed by atoms with Gasteiger partial charge in [-0.2, -0.15) is 0 Å². The molecule has 0 radical (unpaired) electrons. The van der Waals surface area contributed by atoms with Gasteiger partial charge < -0.3 is 15.2 Å². The maximum absolute atomic E-state index is 12.6. The van der Waals surface area contributed by atoms with Crippen LogP contribution in [-0.4, -0.2) is 49.1 Å². The summed E-state index contributed by atoms with van der Waals surface area (Å²) in [5.74, 6) is -0.481. The number of methoxy groups -OCH3 is 1. The highest BCUT2D eigenvalue weighted by atomic mass is 32.2. The molecule has 0 spiro atoms. The van der Waals surface area contributed by atoms with E-state index in [0.29, 0.717) is 0 Å². The molecule has 0 aromatic carbocycles. The largest absolute Gasteiger partial charge is 0.469 e. The van der Waals surface area contributed by atoms with Gasteiger partial charge in [0.2, 0.25) is 0 Å². The van der Waals surface area contributed by atoms with Crippen LogP contribution in [0.15, 0.2) is 0 Å². The van der Waals surface area contributed by atoms with Crippen molar-refractivity contribution < 1.29 is 19.0 Å². The molecule has 0 bridgehead atoms.